The van der Waals surface area contributed by atoms with Crippen molar-refractivity contribution >= 4 is 17.4 Å². The normalized spacial score (nSPS) is 11.9. The molecule has 0 spiro atoms. The Morgan fingerprint density at radius 3 is 3.00 bits per heavy atom. The van der Waals surface area contributed by atoms with Crippen LogP contribution in [-0.2, 0) is 4.79 Å². The van der Waals surface area contributed by atoms with Gasteiger partial charge in [-0.1, -0.05) is 6.92 Å². The van der Waals surface area contributed by atoms with E-state index in [2.05, 4.69) is 15.6 Å². The Bertz CT molecular complexity index is 354. The maximum Gasteiger partial charge on any atom is 0.242 e. The van der Waals surface area contributed by atoms with Crippen LogP contribution in [0.5, 0.6) is 0 Å². The average Bonchev–Trinajstić information content (AvgIpc) is 2.25. The van der Waals surface area contributed by atoms with Crippen LogP contribution in [0.1, 0.15) is 20.3 Å². The predicted molar refractivity (Wildman–Crippen MR) is 65.0 cm³/mol. The maximum atomic E-state index is 11.6. The molecule has 16 heavy (non-hydrogen) atoms. The van der Waals surface area contributed by atoms with Crippen molar-refractivity contribution in [3.63, 3.8) is 0 Å². The molecule has 1 aromatic rings. The van der Waals surface area contributed by atoms with Crippen LogP contribution in [0, 0.1) is 0 Å². The molecule has 4 N–H and O–H groups in total. The van der Waals surface area contributed by atoms with E-state index in [-0.39, 0.29) is 11.9 Å². The van der Waals surface area contributed by atoms with Crippen LogP contribution in [0.3, 0.4) is 0 Å². The van der Waals surface area contributed by atoms with Gasteiger partial charge < -0.3 is 16.4 Å². The van der Waals surface area contributed by atoms with Crippen molar-refractivity contribution in [1.82, 2.24) is 10.3 Å². The first-order chi connectivity index (χ1) is 7.63. The van der Waals surface area contributed by atoms with Crippen molar-refractivity contribution in [1.29, 1.82) is 0 Å². The van der Waals surface area contributed by atoms with Crippen molar-refractivity contribution in [3.8, 4) is 0 Å². The second-order valence-electron chi connectivity index (χ2n) is 3.63. The lowest BCUT2D eigenvalue weighted by atomic mass is 10.2. The highest BCUT2D eigenvalue weighted by atomic mass is 16.2. The predicted octanol–water partition coefficient (Wildman–Crippen LogP) is 0.990. The Balaban J connectivity index is 2.50. The molecule has 0 aliphatic heterocycles. The van der Waals surface area contributed by atoms with E-state index in [0.29, 0.717) is 12.4 Å². The van der Waals surface area contributed by atoms with Gasteiger partial charge in [0, 0.05) is 24.5 Å². The van der Waals surface area contributed by atoms with E-state index in [1.807, 2.05) is 13.8 Å². The van der Waals surface area contributed by atoms with Gasteiger partial charge >= 0.3 is 0 Å². The number of amides is 1. The topological polar surface area (TPSA) is 80.0 Å². The summed E-state index contributed by atoms with van der Waals surface area (Å²) < 4.78 is 0. The minimum absolute atomic E-state index is 0.0165. The third-order valence-corrected chi connectivity index (χ3v) is 2.11. The van der Waals surface area contributed by atoms with Crippen LogP contribution < -0.4 is 16.4 Å². The molecule has 5 nitrogen and oxygen atoms in total. The fourth-order valence-corrected chi connectivity index (χ4v) is 1.25. The number of carbonyl (C=O) groups excluding carboxylic acids is 1. The number of carbonyl (C=O) groups is 1. The second kappa shape index (κ2) is 5.95. The molecule has 0 bridgehead atoms. The fourth-order valence-electron chi connectivity index (χ4n) is 1.25. The fraction of sp³-hybridized carbons (Fsp3) is 0.455. The van der Waals surface area contributed by atoms with Crippen LogP contribution in [0.2, 0.25) is 0 Å². The molecule has 1 rings (SSSR count). The molecule has 5 heteroatoms. The number of nitrogens with zero attached hydrogens (tertiary/aromatic N) is 1. The lowest BCUT2D eigenvalue weighted by Crippen LogP contribution is -2.37. The summed E-state index contributed by atoms with van der Waals surface area (Å²) in [6, 6.07) is 3.19. The van der Waals surface area contributed by atoms with E-state index in [4.69, 9.17) is 5.73 Å². The number of hydrogen-bond donors (Lipinski definition) is 3. The maximum absolute atomic E-state index is 11.6. The van der Waals surface area contributed by atoms with Crippen LogP contribution in [-0.4, -0.2) is 23.5 Å². The van der Waals surface area contributed by atoms with Gasteiger partial charge in [0.15, 0.2) is 0 Å². The highest BCUT2D eigenvalue weighted by molar-refractivity contribution is 5.84. The molecule has 0 saturated heterocycles. The molecular weight excluding hydrogens is 204 g/mol. The quantitative estimate of drug-likeness (QED) is 0.694. The number of pyridine rings is 1. The minimum atomic E-state index is -0.284. The number of nitrogen functional groups attached to an aromatic ring is 1. The molecule has 0 saturated carbocycles. The number of nitrogens with one attached hydrogen (secondary N) is 2. The zero-order valence-electron chi connectivity index (χ0n) is 9.66. The minimum Gasteiger partial charge on any atom is -0.384 e. The Morgan fingerprint density at radius 1 is 1.62 bits per heavy atom. The summed E-state index contributed by atoms with van der Waals surface area (Å²) in [6.45, 7) is 4.52. The highest BCUT2D eigenvalue weighted by Crippen LogP contribution is 2.10. The molecule has 1 aromatic heterocycles. The Kier molecular flexibility index (Phi) is 4.57. The molecule has 1 unspecified atom stereocenters. The van der Waals surface area contributed by atoms with Gasteiger partial charge in [-0.25, -0.2) is 4.98 Å². The third-order valence-electron chi connectivity index (χ3n) is 2.11. The third kappa shape index (κ3) is 3.76. The Hall–Kier alpha value is -1.78. The standard InChI is InChI=1S/C11H18N4O/c1-3-5-14-11(16)8(2)15-9-4-6-13-10(12)7-9/h4,6-8H,3,5H2,1-2H3,(H,14,16)(H3,12,13,15). The molecule has 0 radical (unpaired) electrons. The first kappa shape index (κ1) is 12.3. The molecule has 88 valence electrons. The van der Waals surface area contributed by atoms with Gasteiger partial charge in [0.05, 0.1) is 0 Å². The molecule has 0 aliphatic carbocycles. The van der Waals surface area contributed by atoms with Crippen molar-refractivity contribution in [3.05, 3.63) is 18.3 Å². The van der Waals surface area contributed by atoms with Crippen LogP contribution in [0.25, 0.3) is 0 Å². The lowest BCUT2D eigenvalue weighted by molar-refractivity contribution is -0.121. The van der Waals surface area contributed by atoms with Crippen molar-refractivity contribution < 1.29 is 4.79 Å². The summed E-state index contributed by atoms with van der Waals surface area (Å²) in [5.74, 6) is 0.420. The Labute approximate surface area is 95.4 Å². The van der Waals surface area contributed by atoms with E-state index in [1.165, 1.54) is 0 Å². The molecule has 1 amide bonds. The zero-order valence-corrected chi connectivity index (χ0v) is 9.66. The summed E-state index contributed by atoms with van der Waals surface area (Å²) >= 11 is 0. The largest absolute Gasteiger partial charge is 0.384 e. The molecule has 1 atom stereocenters. The molecule has 1 heterocycles. The molecule has 0 aromatic carbocycles. The zero-order chi connectivity index (χ0) is 12.0. The van der Waals surface area contributed by atoms with Crippen molar-refractivity contribution in [2.24, 2.45) is 0 Å². The van der Waals surface area contributed by atoms with Gasteiger partial charge in [0.25, 0.3) is 0 Å². The average molecular weight is 222 g/mol. The van der Waals surface area contributed by atoms with Crippen molar-refractivity contribution in [2.45, 2.75) is 26.3 Å². The number of hydrogen-bond acceptors (Lipinski definition) is 4. The molecule has 0 fully saturated rings. The van der Waals surface area contributed by atoms with Gasteiger partial charge in [0.2, 0.25) is 5.91 Å². The first-order valence-corrected chi connectivity index (χ1v) is 5.39. The van der Waals surface area contributed by atoms with Crippen LogP contribution >= 0.6 is 0 Å². The van der Waals surface area contributed by atoms with Crippen LogP contribution in [0.4, 0.5) is 11.5 Å². The summed E-state index contributed by atoms with van der Waals surface area (Å²) in [5, 5.41) is 5.88. The number of nitrogens with two attached hydrogens (primary N) is 1. The summed E-state index contributed by atoms with van der Waals surface area (Å²) in [5.41, 5.74) is 6.34. The Morgan fingerprint density at radius 2 is 2.38 bits per heavy atom. The van der Waals surface area contributed by atoms with E-state index in [0.717, 1.165) is 12.1 Å². The van der Waals surface area contributed by atoms with E-state index in [1.54, 1.807) is 18.3 Å². The highest BCUT2D eigenvalue weighted by Gasteiger charge is 2.11. The van der Waals surface area contributed by atoms with Gasteiger partial charge in [-0.05, 0) is 19.4 Å². The number of aromatic nitrogens is 1. The van der Waals surface area contributed by atoms with E-state index >= 15 is 0 Å². The first-order valence-electron chi connectivity index (χ1n) is 5.39. The van der Waals surface area contributed by atoms with Gasteiger partial charge in [0.1, 0.15) is 11.9 Å². The van der Waals surface area contributed by atoms with Crippen LogP contribution in [0.15, 0.2) is 18.3 Å². The van der Waals surface area contributed by atoms with Crippen molar-refractivity contribution in [2.75, 3.05) is 17.6 Å². The van der Waals surface area contributed by atoms with Gasteiger partial charge in [-0.15, -0.1) is 0 Å². The van der Waals surface area contributed by atoms with Gasteiger partial charge in [-0.3, -0.25) is 4.79 Å². The second-order valence-corrected chi connectivity index (χ2v) is 3.63. The lowest BCUT2D eigenvalue weighted by Gasteiger charge is -2.14. The molecular formula is C11H18N4O. The summed E-state index contributed by atoms with van der Waals surface area (Å²) in [7, 11) is 0. The van der Waals surface area contributed by atoms with E-state index in [9.17, 15) is 4.79 Å². The summed E-state index contributed by atoms with van der Waals surface area (Å²) in [4.78, 5) is 15.4. The molecule has 0 aliphatic rings. The SMILES string of the molecule is CCCNC(=O)C(C)Nc1ccnc(N)c1. The summed E-state index contributed by atoms with van der Waals surface area (Å²) in [6.07, 6.45) is 2.54. The monoisotopic (exact) mass is 222 g/mol. The number of rotatable bonds is 5. The van der Waals surface area contributed by atoms with Gasteiger partial charge in [-0.2, -0.15) is 0 Å². The van der Waals surface area contributed by atoms with E-state index < -0.39 is 0 Å². The number of anilines is 2. The smallest absolute Gasteiger partial charge is 0.242 e.